The molecular weight excluding hydrogens is 765 g/mol. The van der Waals surface area contributed by atoms with Gasteiger partial charge in [-0.25, -0.2) is 0 Å². The summed E-state index contributed by atoms with van der Waals surface area (Å²) in [6, 6.07) is 0. The van der Waals surface area contributed by atoms with Gasteiger partial charge in [-0.15, -0.1) is 0 Å². The number of unbranched alkanes of at least 4 members (excludes halogenated alkanes) is 22. The number of hydrogen-bond donors (Lipinski definition) is 0. The van der Waals surface area contributed by atoms with Crippen LogP contribution in [0.15, 0.2) is 85.1 Å². The maximum absolute atomic E-state index is 12.8. The third-order valence-corrected chi connectivity index (χ3v) is 10.9. The monoisotopic (exact) mass is 863 g/mol. The highest BCUT2D eigenvalue weighted by Gasteiger charge is 2.17. The highest BCUT2D eigenvalue weighted by Crippen LogP contribution is 2.14. The van der Waals surface area contributed by atoms with Crippen molar-refractivity contribution in [3.05, 3.63) is 85.1 Å². The van der Waals surface area contributed by atoms with E-state index < -0.39 is 6.10 Å². The van der Waals surface area contributed by atoms with Crippen LogP contribution < -0.4 is 0 Å². The van der Waals surface area contributed by atoms with Crippen molar-refractivity contribution >= 4 is 11.9 Å². The van der Waals surface area contributed by atoms with Crippen LogP contribution in [0.3, 0.4) is 0 Å². The third-order valence-electron chi connectivity index (χ3n) is 10.9. The second kappa shape index (κ2) is 52.4. The molecule has 0 aliphatic heterocycles. The van der Waals surface area contributed by atoms with E-state index in [4.69, 9.17) is 14.2 Å². The molecule has 0 aliphatic rings. The smallest absolute Gasteiger partial charge is 0.306 e. The van der Waals surface area contributed by atoms with Crippen LogP contribution in [-0.4, -0.2) is 37.9 Å². The molecule has 0 spiro atoms. The maximum Gasteiger partial charge on any atom is 0.306 e. The van der Waals surface area contributed by atoms with Gasteiger partial charge in [0.25, 0.3) is 0 Å². The van der Waals surface area contributed by atoms with Gasteiger partial charge in [-0.2, -0.15) is 0 Å². The van der Waals surface area contributed by atoms with Crippen molar-refractivity contribution in [2.75, 3.05) is 19.8 Å². The summed E-state index contributed by atoms with van der Waals surface area (Å²) in [5, 5.41) is 0. The van der Waals surface area contributed by atoms with Gasteiger partial charge in [0, 0.05) is 19.4 Å². The van der Waals surface area contributed by atoms with Crippen LogP contribution in [0.4, 0.5) is 0 Å². The molecule has 0 rings (SSSR count). The topological polar surface area (TPSA) is 61.8 Å². The normalized spacial score (nSPS) is 12.9. The van der Waals surface area contributed by atoms with Gasteiger partial charge in [-0.3, -0.25) is 9.59 Å². The van der Waals surface area contributed by atoms with E-state index in [1.807, 2.05) is 0 Å². The van der Waals surface area contributed by atoms with Crippen molar-refractivity contribution < 1.29 is 23.8 Å². The number of carbonyl (C=O) groups excluding carboxylic acids is 2. The SMILES string of the molecule is CC/C=C\C/C=C\C/C=C\C/C=C\CCCCCCCCC(=O)OCC(COCCCCCCCCCCCCCCCC)OC(=O)CCCCC/C=C\C/C=C\C/C=C\CC. The minimum absolute atomic E-state index is 0.0642. The Morgan fingerprint density at radius 3 is 1.18 bits per heavy atom. The fraction of sp³-hybridized carbons (Fsp3) is 0.719. The number of esters is 2. The molecule has 356 valence electrons. The Bertz CT molecular complexity index is 1160. The van der Waals surface area contributed by atoms with Gasteiger partial charge in [0.15, 0.2) is 6.10 Å². The molecule has 0 aromatic heterocycles. The van der Waals surface area contributed by atoms with Crippen LogP contribution in [0.1, 0.15) is 239 Å². The second-order valence-electron chi connectivity index (χ2n) is 17.0. The van der Waals surface area contributed by atoms with Gasteiger partial charge in [-0.1, -0.05) is 221 Å². The number of allylic oxidation sites excluding steroid dienone is 14. The number of rotatable bonds is 47. The van der Waals surface area contributed by atoms with E-state index in [1.165, 1.54) is 96.3 Å². The summed E-state index contributed by atoms with van der Waals surface area (Å²) >= 11 is 0. The predicted octanol–water partition coefficient (Wildman–Crippen LogP) is 17.7. The summed E-state index contributed by atoms with van der Waals surface area (Å²) in [5.41, 5.74) is 0. The van der Waals surface area contributed by atoms with Gasteiger partial charge in [0.05, 0.1) is 6.61 Å². The van der Waals surface area contributed by atoms with Crippen molar-refractivity contribution in [2.24, 2.45) is 0 Å². The summed E-state index contributed by atoms with van der Waals surface area (Å²) < 4.78 is 17.4. The fourth-order valence-electron chi connectivity index (χ4n) is 7.10. The van der Waals surface area contributed by atoms with Gasteiger partial charge in [0.2, 0.25) is 0 Å². The molecule has 0 amide bonds. The summed E-state index contributed by atoms with van der Waals surface area (Å²) in [6.45, 7) is 7.57. The average Bonchev–Trinajstić information content (AvgIpc) is 3.27. The Morgan fingerprint density at radius 2 is 0.726 bits per heavy atom. The van der Waals surface area contributed by atoms with Crippen LogP contribution >= 0.6 is 0 Å². The van der Waals surface area contributed by atoms with Gasteiger partial charge < -0.3 is 14.2 Å². The van der Waals surface area contributed by atoms with Gasteiger partial charge in [-0.05, 0) is 89.9 Å². The molecule has 0 radical (unpaired) electrons. The zero-order valence-electron chi connectivity index (χ0n) is 40.9. The molecule has 1 unspecified atom stereocenters. The lowest BCUT2D eigenvalue weighted by molar-refractivity contribution is -0.163. The maximum atomic E-state index is 12.8. The number of hydrogen-bond acceptors (Lipinski definition) is 5. The Hall–Kier alpha value is -2.92. The molecule has 0 aromatic rings. The van der Waals surface area contributed by atoms with Crippen LogP contribution in [0, 0.1) is 0 Å². The first-order chi connectivity index (χ1) is 30.6. The molecule has 0 saturated carbocycles. The Kier molecular flexibility index (Phi) is 50.0. The Morgan fingerprint density at radius 1 is 0.371 bits per heavy atom. The van der Waals surface area contributed by atoms with Crippen molar-refractivity contribution in [1.29, 1.82) is 0 Å². The molecule has 0 aromatic carbocycles. The number of carbonyl (C=O) groups is 2. The molecule has 0 heterocycles. The van der Waals surface area contributed by atoms with Crippen LogP contribution in [0.2, 0.25) is 0 Å². The van der Waals surface area contributed by atoms with E-state index in [9.17, 15) is 9.59 Å². The number of ether oxygens (including phenoxy) is 3. The Balaban J connectivity index is 4.31. The first-order valence-corrected chi connectivity index (χ1v) is 26.1. The molecule has 62 heavy (non-hydrogen) atoms. The van der Waals surface area contributed by atoms with Crippen molar-refractivity contribution in [3.8, 4) is 0 Å². The van der Waals surface area contributed by atoms with Crippen LogP contribution in [0.25, 0.3) is 0 Å². The molecule has 5 nitrogen and oxygen atoms in total. The zero-order chi connectivity index (χ0) is 44.9. The molecule has 0 aliphatic carbocycles. The molecule has 0 N–H and O–H groups in total. The lowest BCUT2D eigenvalue weighted by Gasteiger charge is -2.18. The minimum atomic E-state index is -0.559. The summed E-state index contributed by atoms with van der Waals surface area (Å²) in [6.07, 6.45) is 68.8. The lowest BCUT2D eigenvalue weighted by Crippen LogP contribution is -2.30. The van der Waals surface area contributed by atoms with Gasteiger partial charge >= 0.3 is 11.9 Å². The third kappa shape index (κ3) is 49.7. The highest BCUT2D eigenvalue weighted by molar-refractivity contribution is 5.70. The summed E-state index contributed by atoms with van der Waals surface area (Å²) in [7, 11) is 0. The van der Waals surface area contributed by atoms with E-state index in [1.54, 1.807) is 0 Å². The highest BCUT2D eigenvalue weighted by atomic mass is 16.6. The van der Waals surface area contributed by atoms with Crippen LogP contribution in [-0.2, 0) is 23.8 Å². The molecule has 0 saturated heterocycles. The fourth-order valence-corrected chi connectivity index (χ4v) is 7.10. The molecule has 0 bridgehead atoms. The van der Waals surface area contributed by atoms with E-state index in [-0.39, 0.29) is 25.2 Å². The molecule has 5 heteroatoms. The molecule has 0 fully saturated rings. The van der Waals surface area contributed by atoms with E-state index in [2.05, 4.69) is 106 Å². The quantitative estimate of drug-likeness (QED) is 0.0346. The standard InChI is InChI=1S/C57H98O5/c1-4-7-10-13-16-19-22-25-27-28-29-30-31-33-35-38-41-44-47-50-56(58)61-54-55(53-60-52-49-46-43-40-37-34-26-23-20-17-14-11-8-5-2)62-57(59)51-48-45-42-39-36-32-24-21-18-15-12-9-6-3/h7,9-10,12,16,18-19,21,25,27,29-30,32,36,55H,4-6,8,11,13-15,17,20,22-24,26,28,31,33-35,37-54H2,1-3H3/b10-7-,12-9-,19-16-,21-18-,27-25-,30-29-,36-32-. The first kappa shape index (κ1) is 59.1. The van der Waals surface area contributed by atoms with E-state index >= 15 is 0 Å². The summed E-state index contributed by atoms with van der Waals surface area (Å²) in [4.78, 5) is 25.4. The second-order valence-corrected chi connectivity index (χ2v) is 17.0. The molecular formula is C57H98O5. The average molecular weight is 863 g/mol. The van der Waals surface area contributed by atoms with Gasteiger partial charge in [0.1, 0.15) is 6.61 Å². The van der Waals surface area contributed by atoms with Crippen molar-refractivity contribution in [2.45, 2.75) is 245 Å². The zero-order valence-corrected chi connectivity index (χ0v) is 40.9. The predicted molar refractivity (Wildman–Crippen MR) is 270 cm³/mol. The Labute approximate surface area is 384 Å². The largest absolute Gasteiger partial charge is 0.462 e. The lowest BCUT2D eigenvalue weighted by atomic mass is 10.0. The van der Waals surface area contributed by atoms with Crippen molar-refractivity contribution in [3.63, 3.8) is 0 Å². The minimum Gasteiger partial charge on any atom is -0.462 e. The van der Waals surface area contributed by atoms with Crippen LogP contribution in [0.5, 0.6) is 0 Å². The van der Waals surface area contributed by atoms with Crippen molar-refractivity contribution in [1.82, 2.24) is 0 Å². The summed E-state index contributed by atoms with van der Waals surface area (Å²) in [5.74, 6) is -0.444. The van der Waals surface area contributed by atoms with E-state index in [0.717, 1.165) is 109 Å². The first-order valence-electron chi connectivity index (χ1n) is 26.1. The molecule has 1 atom stereocenters. The van der Waals surface area contributed by atoms with E-state index in [0.29, 0.717) is 19.4 Å².